The number of hydrogen-bond acceptors (Lipinski definition) is 3. The average molecular weight is 332 g/mol. The van der Waals surface area contributed by atoms with Crippen LogP contribution in [0, 0.1) is 12.8 Å². The van der Waals surface area contributed by atoms with E-state index in [9.17, 15) is 4.79 Å². The molecule has 1 fully saturated rings. The van der Waals surface area contributed by atoms with Gasteiger partial charge >= 0.3 is 6.09 Å². The number of nitrogens with one attached hydrogen (secondary N) is 1. The Hall–Kier alpha value is -1.55. The third-order valence-electron chi connectivity index (χ3n) is 4.69. The molecule has 134 valence electrons. The van der Waals surface area contributed by atoms with Gasteiger partial charge in [0, 0.05) is 25.6 Å². The van der Waals surface area contributed by atoms with Crippen LogP contribution in [0.1, 0.15) is 50.7 Å². The molecule has 1 heterocycles. The largest absolute Gasteiger partial charge is 0.444 e. The fraction of sp³-hybridized carbons (Fsp3) is 0.650. The first-order valence-electron chi connectivity index (χ1n) is 9.00. The molecule has 2 unspecified atom stereocenters. The Kier molecular flexibility index (Phi) is 6.27. The highest BCUT2D eigenvalue weighted by Gasteiger charge is 2.32. The third-order valence-corrected chi connectivity index (χ3v) is 4.69. The number of nitrogens with zero attached hydrogens (tertiary/aromatic N) is 1. The molecule has 1 saturated heterocycles. The van der Waals surface area contributed by atoms with Crippen molar-refractivity contribution in [3.8, 4) is 0 Å². The Morgan fingerprint density at radius 2 is 2.08 bits per heavy atom. The van der Waals surface area contributed by atoms with E-state index >= 15 is 0 Å². The third kappa shape index (κ3) is 4.97. The summed E-state index contributed by atoms with van der Waals surface area (Å²) in [6.07, 6.45) is 2.01. The van der Waals surface area contributed by atoms with Gasteiger partial charge in [-0.1, -0.05) is 24.3 Å². The number of likely N-dealkylation sites (tertiary alicyclic amines) is 1. The van der Waals surface area contributed by atoms with Crippen molar-refractivity contribution in [2.75, 3.05) is 26.7 Å². The van der Waals surface area contributed by atoms with Crippen molar-refractivity contribution in [2.24, 2.45) is 5.92 Å². The zero-order chi connectivity index (χ0) is 17.7. The highest BCUT2D eigenvalue weighted by molar-refractivity contribution is 5.68. The summed E-state index contributed by atoms with van der Waals surface area (Å²) in [7, 11) is 2.00. The SMILES string of the molecule is CNCC(c1ccccc1C)C1CCCN(C(=O)OC(C)(C)C)C1. The normalized spacial score (nSPS) is 19.9. The molecule has 0 radical (unpaired) electrons. The minimum absolute atomic E-state index is 0.180. The van der Waals surface area contributed by atoms with Crippen LogP contribution >= 0.6 is 0 Å². The molecule has 1 aliphatic rings. The van der Waals surface area contributed by atoms with E-state index < -0.39 is 5.60 Å². The van der Waals surface area contributed by atoms with Crippen molar-refractivity contribution in [1.29, 1.82) is 0 Å². The molecule has 0 aliphatic carbocycles. The molecule has 24 heavy (non-hydrogen) atoms. The second kappa shape index (κ2) is 8.02. The van der Waals surface area contributed by atoms with E-state index in [1.165, 1.54) is 11.1 Å². The summed E-state index contributed by atoms with van der Waals surface area (Å²) in [4.78, 5) is 14.3. The Bertz CT molecular complexity index is 551. The fourth-order valence-corrected chi connectivity index (χ4v) is 3.58. The van der Waals surface area contributed by atoms with Crippen molar-refractivity contribution < 1.29 is 9.53 Å². The Labute approximate surface area is 146 Å². The lowest BCUT2D eigenvalue weighted by atomic mass is 9.79. The van der Waals surface area contributed by atoms with Crippen molar-refractivity contribution >= 4 is 6.09 Å². The molecular weight excluding hydrogens is 300 g/mol. The van der Waals surface area contributed by atoms with E-state index in [2.05, 4.69) is 36.5 Å². The monoisotopic (exact) mass is 332 g/mol. The van der Waals surface area contributed by atoms with Crippen LogP contribution in [0.3, 0.4) is 0 Å². The van der Waals surface area contributed by atoms with Crippen molar-refractivity contribution in [1.82, 2.24) is 10.2 Å². The summed E-state index contributed by atoms with van der Waals surface area (Å²) in [5, 5.41) is 3.34. The molecule has 0 spiro atoms. The molecule has 1 aromatic rings. The van der Waals surface area contributed by atoms with Crippen LogP contribution in [0.4, 0.5) is 4.79 Å². The maximum absolute atomic E-state index is 12.4. The second-order valence-corrected chi connectivity index (χ2v) is 7.85. The maximum Gasteiger partial charge on any atom is 0.410 e. The zero-order valence-corrected chi connectivity index (χ0v) is 15.8. The molecule has 2 atom stereocenters. The summed E-state index contributed by atoms with van der Waals surface area (Å²) in [6.45, 7) is 10.4. The van der Waals surface area contributed by atoms with Crippen LogP contribution < -0.4 is 5.32 Å². The lowest BCUT2D eigenvalue weighted by molar-refractivity contribution is 0.0151. The van der Waals surface area contributed by atoms with Crippen LogP contribution in [0.5, 0.6) is 0 Å². The van der Waals surface area contributed by atoms with Gasteiger partial charge in [-0.3, -0.25) is 0 Å². The van der Waals surface area contributed by atoms with Crippen LogP contribution in [-0.4, -0.2) is 43.3 Å². The van der Waals surface area contributed by atoms with E-state index in [0.29, 0.717) is 11.8 Å². The van der Waals surface area contributed by atoms with Gasteiger partial charge in [-0.05, 0) is 64.6 Å². The standard InChI is InChI=1S/C20H32N2O2/c1-15-9-6-7-11-17(15)18(13-21-5)16-10-8-12-22(14-16)19(23)24-20(2,3)4/h6-7,9,11,16,18,21H,8,10,12-14H2,1-5H3. The molecule has 1 N–H and O–H groups in total. The maximum atomic E-state index is 12.4. The van der Waals surface area contributed by atoms with Crippen molar-refractivity contribution in [2.45, 2.75) is 52.1 Å². The fourth-order valence-electron chi connectivity index (χ4n) is 3.58. The number of likely N-dealkylation sites (N-methyl/N-ethyl adjacent to an activating group) is 1. The predicted octanol–water partition coefficient (Wildman–Crippen LogP) is 3.95. The summed E-state index contributed by atoms with van der Waals surface area (Å²) < 4.78 is 5.57. The molecule has 2 rings (SSSR count). The highest BCUT2D eigenvalue weighted by atomic mass is 16.6. The van der Waals surface area contributed by atoms with Gasteiger partial charge in [-0.2, -0.15) is 0 Å². The average Bonchev–Trinajstić information content (AvgIpc) is 2.52. The number of aryl methyl sites for hydroxylation is 1. The van der Waals surface area contributed by atoms with Crippen molar-refractivity contribution in [3.05, 3.63) is 35.4 Å². The lowest BCUT2D eigenvalue weighted by Gasteiger charge is -2.38. The van der Waals surface area contributed by atoms with Gasteiger partial charge in [-0.25, -0.2) is 4.79 Å². The number of carbonyl (C=O) groups is 1. The molecular formula is C20H32N2O2. The van der Waals surface area contributed by atoms with E-state index in [-0.39, 0.29) is 6.09 Å². The first-order valence-corrected chi connectivity index (χ1v) is 9.00. The Morgan fingerprint density at radius 3 is 2.71 bits per heavy atom. The summed E-state index contributed by atoms with van der Waals surface area (Å²) in [6, 6.07) is 8.60. The molecule has 4 nitrogen and oxygen atoms in total. The lowest BCUT2D eigenvalue weighted by Crippen LogP contribution is -2.45. The second-order valence-electron chi connectivity index (χ2n) is 7.85. The first kappa shape index (κ1) is 18.8. The molecule has 1 amide bonds. The molecule has 0 saturated carbocycles. The quantitative estimate of drug-likeness (QED) is 0.908. The number of carbonyl (C=O) groups excluding carboxylic acids is 1. The number of benzene rings is 1. The Balaban J connectivity index is 2.13. The highest BCUT2D eigenvalue weighted by Crippen LogP contribution is 2.33. The van der Waals surface area contributed by atoms with Crippen LogP contribution in [0.2, 0.25) is 0 Å². The number of rotatable bonds is 4. The van der Waals surface area contributed by atoms with Crippen LogP contribution in [-0.2, 0) is 4.74 Å². The van der Waals surface area contributed by atoms with Gasteiger partial charge in [0.2, 0.25) is 0 Å². The van der Waals surface area contributed by atoms with Crippen molar-refractivity contribution in [3.63, 3.8) is 0 Å². The molecule has 0 aromatic heterocycles. The van der Waals surface area contributed by atoms with Crippen LogP contribution in [0.25, 0.3) is 0 Å². The zero-order valence-electron chi connectivity index (χ0n) is 15.8. The van der Waals surface area contributed by atoms with Gasteiger partial charge in [-0.15, -0.1) is 0 Å². The predicted molar refractivity (Wildman–Crippen MR) is 98.4 cm³/mol. The minimum atomic E-state index is -0.440. The summed E-state index contributed by atoms with van der Waals surface area (Å²) in [5.74, 6) is 0.876. The Morgan fingerprint density at radius 1 is 1.38 bits per heavy atom. The number of amides is 1. The number of piperidine rings is 1. The smallest absolute Gasteiger partial charge is 0.410 e. The molecule has 4 heteroatoms. The minimum Gasteiger partial charge on any atom is -0.444 e. The first-order chi connectivity index (χ1) is 11.3. The van der Waals surface area contributed by atoms with E-state index in [0.717, 1.165) is 32.5 Å². The summed E-state index contributed by atoms with van der Waals surface area (Å²) in [5.41, 5.74) is 2.28. The number of ether oxygens (including phenoxy) is 1. The number of hydrogen-bond donors (Lipinski definition) is 1. The topological polar surface area (TPSA) is 41.6 Å². The van der Waals surface area contributed by atoms with Gasteiger partial charge in [0.1, 0.15) is 5.60 Å². The van der Waals surface area contributed by atoms with Crippen LogP contribution in [0.15, 0.2) is 24.3 Å². The van der Waals surface area contributed by atoms with Gasteiger partial charge in [0.15, 0.2) is 0 Å². The van der Waals surface area contributed by atoms with Gasteiger partial charge < -0.3 is 15.0 Å². The molecule has 0 bridgehead atoms. The summed E-state index contributed by atoms with van der Waals surface area (Å²) >= 11 is 0. The van der Waals surface area contributed by atoms with E-state index in [1.54, 1.807) is 0 Å². The van der Waals surface area contributed by atoms with E-state index in [4.69, 9.17) is 4.74 Å². The molecule has 1 aromatic carbocycles. The molecule has 1 aliphatic heterocycles. The van der Waals surface area contributed by atoms with Gasteiger partial charge in [0.05, 0.1) is 0 Å². The van der Waals surface area contributed by atoms with E-state index in [1.807, 2.05) is 32.7 Å². The van der Waals surface area contributed by atoms with Gasteiger partial charge in [0.25, 0.3) is 0 Å².